The lowest BCUT2D eigenvalue weighted by Gasteiger charge is -2.27. The summed E-state index contributed by atoms with van der Waals surface area (Å²) >= 11 is 5.94. The maximum atomic E-state index is 12.9. The fourth-order valence-corrected chi connectivity index (χ4v) is 2.29. The average Bonchev–Trinajstić information content (AvgIpc) is 2.23. The molecule has 0 heterocycles. The van der Waals surface area contributed by atoms with Crippen LogP contribution in [0.25, 0.3) is 0 Å². The lowest BCUT2D eigenvalue weighted by atomic mass is 9.85. The molecule has 1 aromatic carbocycles. The molecule has 86 valence electrons. The highest BCUT2D eigenvalue weighted by atomic mass is 35.5. The third-order valence-electron chi connectivity index (χ3n) is 2.92. The summed E-state index contributed by atoms with van der Waals surface area (Å²) in [6, 6.07) is 4.29. The topological polar surface area (TPSA) is 20.2 Å². The van der Waals surface area contributed by atoms with Gasteiger partial charge >= 0.3 is 0 Å². The zero-order valence-electron chi connectivity index (χ0n) is 8.92. The van der Waals surface area contributed by atoms with Gasteiger partial charge in [-0.25, -0.2) is 4.39 Å². The van der Waals surface area contributed by atoms with Gasteiger partial charge in [-0.05, 0) is 37.0 Å². The van der Waals surface area contributed by atoms with Crippen molar-refractivity contribution in [3.63, 3.8) is 0 Å². The predicted molar refractivity (Wildman–Crippen MR) is 63.1 cm³/mol. The highest BCUT2D eigenvalue weighted by Crippen LogP contribution is 2.29. The van der Waals surface area contributed by atoms with E-state index in [2.05, 4.69) is 0 Å². The highest BCUT2D eigenvalue weighted by molar-refractivity contribution is 6.31. The number of rotatable bonds is 2. The summed E-state index contributed by atoms with van der Waals surface area (Å²) in [6.07, 6.45) is 6.99. The third-order valence-corrected chi connectivity index (χ3v) is 3.27. The van der Waals surface area contributed by atoms with Crippen LogP contribution in [0.15, 0.2) is 30.4 Å². The van der Waals surface area contributed by atoms with Gasteiger partial charge < -0.3 is 5.11 Å². The van der Waals surface area contributed by atoms with E-state index in [9.17, 15) is 9.50 Å². The molecule has 0 saturated carbocycles. The summed E-state index contributed by atoms with van der Waals surface area (Å²) < 4.78 is 12.9. The Labute approximate surface area is 99.6 Å². The second-order valence-electron chi connectivity index (χ2n) is 4.31. The van der Waals surface area contributed by atoms with Crippen LogP contribution in [0.1, 0.15) is 24.8 Å². The van der Waals surface area contributed by atoms with Crippen molar-refractivity contribution in [2.45, 2.75) is 31.3 Å². The molecule has 1 atom stereocenters. The van der Waals surface area contributed by atoms with E-state index in [-0.39, 0.29) is 5.82 Å². The van der Waals surface area contributed by atoms with Crippen molar-refractivity contribution in [1.29, 1.82) is 0 Å². The fourth-order valence-electron chi connectivity index (χ4n) is 2.05. The Hall–Kier alpha value is -0.860. The van der Waals surface area contributed by atoms with Crippen molar-refractivity contribution in [2.75, 3.05) is 0 Å². The SMILES string of the molecule is OC1(Cc2ccc(F)cc2Cl)C=CCCC1. The van der Waals surface area contributed by atoms with Crippen LogP contribution < -0.4 is 0 Å². The van der Waals surface area contributed by atoms with E-state index in [1.165, 1.54) is 12.1 Å². The highest BCUT2D eigenvalue weighted by Gasteiger charge is 2.26. The van der Waals surface area contributed by atoms with Crippen LogP contribution in [-0.2, 0) is 6.42 Å². The zero-order chi connectivity index (χ0) is 11.6. The van der Waals surface area contributed by atoms with E-state index in [0.717, 1.165) is 24.8 Å². The summed E-state index contributed by atoms with van der Waals surface area (Å²) in [5.41, 5.74) is -0.0307. The van der Waals surface area contributed by atoms with E-state index in [1.807, 2.05) is 12.2 Å². The van der Waals surface area contributed by atoms with E-state index >= 15 is 0 Å². The minimum absolute atomic E-state index is 0.347. The van der Waals surface area contributed by atoms with Crippen molar-refractivity contribution < 1.29 is 9.50 Å². The van der Waals surface area contributed by atoms with Crippen molar-refractivity contribution in [1.82, 2.24) is 0 Å². The van der Waals surface area contributed by atoms with Gasteiger partial charge in [-0.2, -0.15) is 0 Å². The fraction of sp³-hybridized carbons (Fsp3) is 0.385. The Morgan fingerprint density at radius 2 is 2.25 bits per heavy atom. The predicted octanol–water partition coefficient (Wildman–Crippen LogP) is 3.49. The van der Waals surface area contributed by atoms with E-state index < -0.39 is 5.60 Å². The second kappa shape index (κ2) is 4.56. The maximum absolute atomic E-state index is 12.9. The van der Waals surface area contributed by atoms with Crippen molar-refractivity contribution in [3.8, 4) is 0 Å². The molecule has 0 aromatic heterocycles. The summed E-state index contributed by atoms with van der Waals surface area (Å²) in [5.74, 6) is -0.347. The molecule has 0 aliphatic heterocycles. The van der Waals surface area contributed by atoms with Gasteiger partial charge in [0, 0.05) is 11.4 Å². The number of allylic oxidation sites excluding steroid dienone is 1. The number of aliphatic hydroxyl groups is 1. The number of hydrogen-bond acceptors (Lipinski definition) is 1. The minimum atomic E-state index is -0.820. The molecule has 1 aromatic rings. The standard InChI is InChI=1S/C13H14ClFO/c14-12-8-11(15)5-4-10(12)9-13(16)6-2-1-3-7-13/h2,4-6,8,16H,1,3,7,9H2. The molecule has 0 spiro atoms. The minimum Gasteiger partial charge on any atom is -0.385 e. The first-order chi connectivity index (χ1) is 7.59. The van der Waals surface area contributed by atoms with Crippen molar-refractivity contribution >= 4 is 11.6 Å². The Kier molecular flexibility index (Phi) is 3.31. The van der Waals surface area contributed by atoms with Gasteiger partial charge in [-0.1, -0.05) is 29.8 Å². The molecule has 0 amide bonds. The Morgan fingerprint density at radius 3 is 2.88 bits per heavy atom. The summed E-state index contributed by atoms with van der Waals surface area (Å²) in [7, 11) is 0. The molecule has 0 saturated heterocycles. The summed E-state index contributed by atoms with van der Waals surface area (Å²) in [4.78, 5) is 0. The molecule has 1 unspecified atom stereocenters. The Bertz CT molecular complexity index is 416. The smallest absolute Gasteiger partial charge is 0.124 e. The van der Waals surface area contributed by atoms with Crippen LogP contribution in [0.4, 0.5) is 4.39 Å². The van der Waals surface area contributed by atoms with Crippen LogP contribution >= 0.6 is 11.6 Å². The van der Waals surface area contributed by atoms with Crippen molar-refractivity contribution in [2.24, 2.45) is 0 Å². The molecular weight excluding hydrogens is 227 g/mol. The Morgan fingerprint density at radius 1 is 1.44 bits per heavy atom. The molecule has 3 heteroatoms. The summed E-state index contributed by atoms with van der Waals surface area (Å²) in [5, 5.41) is 10.7. The largest absolute Gasteiger partial charge is 0.385 e. The van der Waals surface area contributed by atoms with Gasteiger partial charge in [0.05, 0.1) is 5.60 Å². The van der Waals surface area contributed by atoms with Gasteiger partial charge in [0.2, 0.25) is 0 Å². The van der Waals surface area contributed by atoms with Crippen LogP contribution in [0.3, 0.4) is 0 Å². The van der Waals surface area contributed by atoms with Crippen LogP contribution in [0.2, 0.25) is 5.02 Å². The van der Waals surface area contributed by atoms with Crippen LogP contribution in [-0.4, -0.2) is 10.7 Å². The quantitative estimate of drug-likeness (QED) is 0.785. The molecule has 16 heavy (non-hydrogen) atoms. The number of halogens is 2. The molecule has 1 aliphatic carbocycles. The molecule has 1 N–H and O–H groups in total. The Balaban J connectivity index is 2.20. The van der Waals surface area contributed by atoms with Gasteiger partial charge in [-0.15, -0.1) is 0 Å². The molecule has 2 rings (SSSR count). The van der Waals surface area contributed by atoms with E-state index in [1.54, 1.807) is 6.07 Å². The van der Waals surface area contributed by atoms with Gasteiger partial charge in [0.1, 0.15) is 5.82 Å². The number of hydrogen-bond donors (Lipinski definition) is 1. The monoisotopic (exact) mass is 240 g/mol. The lowest BCUT2D eigenvalue weighted by Crippen LogP contribution is -2.30. The number of benzene rings is 1. The molecule has 0 bridgehead atoms. The first-order valence-corrected chi connectivity index (χ1v) is 5.81. The first-order valence-electron chi connectivity index (χ1n) is 5.43. The second-order valence-corrected chi connectivity index (χ2v) is 4.72. The zero-order valence-corrected chi connectivity index (χ0v) is 9.67. The third kappa shape index (κ3) is 2.63. The normalized spacial score (nSPS) is 24.7. The maximum Gasteiger partial charge on any atom is 0.124 e. The van der Waals surface area contributed by atoms with Crippen molar-refractivity contribution in [3.05, 3.63) is 46.8 Å². The van der Waals surface area contributed by atoms with E-state index in [4.69, 9.17) is 11.6 Å². The molecule has 0 fully saturated rings. The van der Waals surface area contributed by atoms with E-state index in [0.29, 0.717) is 11.4 Å². The van der Waals surface area contributed by atoms with Gasteiger partial charge in [0.25, 0.3) is 0 Å². The molecular formula is C13H14ClFO. The average molecular weight is 241 g/mol. The molecule has 1 nitrogen and oxygen atoms in total. The van der Waals surface area contributed by atoms with Crippen LogP contribution in [0, 0.1) is 5.82 Å². The van der Waals surface area contributed by atoms with Crippen LogP contribution in [0.5, 0.6) is 0 Å². The molecule has 1 aliphatic rings. The first kappa shape index (κ1) is 11.6. The lowest BCUT2D eigenvalue weighted by molar-refractivity contribution is 0.0751. The van der Waals surface area contributed by atoms with Gasteiger partial charge in [-0.3, -0.25) is 0 Å². The summed E-state index contributed by atoms with van der Waals surface area (Å²) in [6.45, 7) is 0. The molecule has 0 radical (unpaired) electrons. The van der Waals surface area contributed by atoms with Gasteiger partial charge in [0.15, 0.2) is 0 Å².